The molecule has 3 saturated carbocycles. The van der Waals surface area contributed by atoms with Gasteiger partial charge in [0.05, 0.1) is 36.5 Å². The molecular formula is C21H19Cl2F3N2O5S2. The number of carbonyl (C=O) groups is 1. The fourth-order valence-corrected chi connectivity index (χ4v) is 6.66. The number of sulfone groups is 1. The lowest BCUT2D eigenvalue weighted by Crippen LogP contribution is -2.42. The summed E-state index contributed by atoms with van der Waals surface area (Å²) in [7, 11) is -7.84. The van der Waals surface area contributed by atoms with Crippen LogP contribution in [0.1, 0.15) is 29.6 Å². The Bertz CT molecular complexity index is 1410. The van der Waals surface area contributed by atoms with Gasteiger partial charge in [-0.15, -0.1) is 0 Å². The lowest BCUT2D eigenvalue weighted by atomic mass is 9.69. The lowest BCUT2D eigenvalue weighted by Gasteiger charge is -2.39. The number of hydrogen-bond acceptors (Lipinski definition) is 5. The van der Waals surface area contributed by atoms with E-state index >= 15 is 0 Å². The predicted octanol–water partition coefficient (Wildman–Crippen LogP) is 4.66. The van der Waals surface area contributed by atoms with E-state index in [-0.39, 0.29) is 56.3 Å². The van der Waals surface area contributed by atoms with Crippen LogP contribution in [0.4, 0.5) is 18.9 Å². The van der Waals surface area contributed by atoms with E-state index in [2.05, 4.69) is 10.0 Å². The molecule has 2 N–H and O–H groups in total. The zero-order chi connectivity index (χ0) is 26.0. The zero-order valence-corrected chi connectivity index (χ0v) is 21.1. The fraction of sp³-hybridized carbons (Fsp3) is 0.381. The summed E-state index contributed by atoms with van der Waals surface area (Å²) in [6.45, 7) is 0. The lowest BCUT2D eigenvalue weighted by molar-refractivity contribution is -0.244. The monoisotopic (exact) mass is 570 g/mol. The summed E-state index contributed by atoms with van der Waals surface area (Å²) in [4.78, 5) is 12.6. The van der Waals surface area contributed by atoms with Crippen molar-refractivity contribution >= 4 is 54.7 Å². The maximum Gasteiger partial charge on any atom is 0.394 e. The van der Waals surface area contributed by atoms with Crippen molar-refractivity contribution in [3.63, 3.8) is 0 Å². The highest BCUT2D eigenvalue weighted by atomic mass is 35.5. The molecule has 1 amide bonds. The summed E-state index contributed by atoms with van der Waals surface area (Å²) in [6, 6.07) is 5.93. The Morgan fingerprint density at radius 2 is 1.51 bits per heavy atom. The molecule has 2 aromatic carbocycles. The maximum atomic E-state index is 13.4. The van der Waals surface area contributed by atoms with Gasteiger partial charge in [-0.2, -0.15) is 13.2 Å². The Kier molecular flexibility index (Phi) is 6.35. The third kappa shape index (κ3) is 4.85. The van der Waals surface area contributed by atoms with Crippen LogP contribution in [-0.4, -0.2) is 41.2 Å². The Morgan fingerprint density at radius 1 is 0.971 bits per heavy atom. The molecule has 7 nitrogen and oxygen atoms in total. The molecule has 0 saturated heterocycles. The molecule has 0 aromatic heterocycles. The molecule has 3 fully saturated rings. The number of sulfonamides is 1. The van der Waals surface area contributed by atoms with Crippen LogP contribution < -0.4 is 10.0 Å². The minimum atomic E-state index is -4.36. The van der Waals surface area contributed by atoms with Crippen molar-refractivity contribution in [3.8, 4) is 0 Å². The summed E-state index contributed by atoms with van der Waals surface area (Å²) in [5.74, 6) is -1.12. The van der Waals surface area contributed by atoms with Gasteiger partial charge in [-0.05, 0) is 61.6 Å². The van der Waals surface area contributed by atoms with E-state index in [9.17, 15) is 34.8 Å². The highest BCUT2D eigenvalue weighted by molar-refractivity contribution is 7.92. The average molecular weight is 571 g/mol. The Labute approximate surface area is 210 Å². The molecule has 190 valence electrons. The quantitative estimate of drug-likeness (QED) is 0.525. The van der Waals surface area contributed by atoms with E-state index in [0.717, 1.165) is 42.7 Å². The summed E-state index contributed by atoms with van der Waals surface area (Å²) < 4.78 is 91.3. The van der Waals surface area contributed by atoms with E-state index in [1.807, 2.05) is 0 Å². The predicted molar refractivity (Wildman–Crippen MR) is 124 cm³/mol. The fourth-order valence-electron chi connectivity index (χ4n) is 4.63. The molecule has 0 spiro atoms. The highest BCUT2D eigenvalue weighted by Gasteiger charge is 2.69. The minimum absolute atomic E-state index is 0.0558. The number of halogens is 5. The van der Waals surface area contributed by atoms with Crippen LogP contribution in [0.15, 0.2) is 46.2 Å². The number of anilines is 1. The van der Waals surface area contributed by atoms with Gasteiger partial charge in [-0.1, -0.05) is 23.2 Å². The smallest absolute Gasteiger partial charge is 0.349 e. The molecule has 3 aliphatic rings. The van der Waals surface area contributed by atoms with Gasteiger partial charge in [0.1, 0.15) is 0 Å². The van der Waals surface area contributed by atoms with E-state index in [4.69, 9.17) is 23.2 Å². The van der Waals surface area contributed by atoms with Crippen LogP contribution in [0.2, 0.25) is 10.0 Å². The van der Waals surface area contributed by atoms with Gasteiger partial charge in [0.2, 0.25) is 0 Å². The molecule has 2 aromatic rings. The molecule has 0 radical (unpaired) electrons. The SMILES string of the molecule is CS(=O)(=O)c1ccc(S(=O)(=O)Nc2cc(Cl)c(Cl)cc2C(=O)NC2CC3(C(F)(F)F)CC2C3)cc1. The van der Waals surface area contributed by atoms with E-state index < -0.39 is 43.4 Å². The van der Waals surface area contributed by atoms with Crippen molar-refractivity contribution in [1.29, 1.82) is 0 Å². The van der Waals surface area contributed by atoms with Crippen LogP contribution in [-0.2, 0) is 19.9 Å². The summed E-state index contributed by atoms with van der Waals surface area (Å²) in [6.07, 6.45) is -3.76. The van der Waals surface area contributed by atoms with E-state index in [0.29, 0.717) is 0 Å². The summed E-state index contributed by atoms with van der Waals surface area (Å²) >= 11 is 12.0. The first-order valence-electron chi connectivity index (χ1n) is 10.2. The first-order valence-corrected chi connectivity index (χ1v) is 14.4. The second kappa shape index (κ2) is 8.53. The zero-order valence-electron chi connectivity index (χ0n) is 18.0. The molecule has 35 heavy (non-hydrogen) atoms. The van der Waals surface area contributed by atoms with Crippen LogP contribution in [0.3, 0.4) is 0 Å². The number of nitrogens with one attached hydrogen (secondary N) is 2. The standard InChI is InChI=1S/C21H19Cl2F3N2O5S2/c1-34(30,31)12-2-4-13(5-3-12)35(32,33)28-17-7-16(23)15(22)6-14(17)19(29)27-18-10-20(21(24,25)26)8-11(18)9-20/h2-7,11,18,28H,8-10H2,1H3,(H,27,29). The van der Waals surface area contributed by atoms with Gasteiger partial charge < -0.3 is 5.32 Å². The first kappa shape index (κ1) is 26.1. The second-order valence-electron chi connectivity index (χ2n) is 8.89. The third-order valence-electron chi connectivity index (χ3n) is 6.51. The van der Waals surface area contributed by atoms with Crippen molar-refractivity contribution in [2.45, 2.75) is 41.3 Å². The van der Waals surface area contributed by atoms with Gasteiger partial charge in [-0.25, -0.2) is 16.8 Å². The Hall–Kier alpha value is -2.02. The number of benzene rings is 2. The summed E-state index contributed by atoms with van der Waals surface area (Å²) in [5.41, 5.74) is -2.25. The van der Waals surface area contributed by atoms with E-state index in [1.54, 1.807) is 0 Å². The number of alkyl halides is 3. The normalized spacial score (nSPS) is 24.1. The molecule has 2 bridgehead atoms. The van der Waals surface area contributed by atoms with Gasteiger partial charge in [-0.3, -0.25) is 9.52 Å². The summed E-state index contributed by atoms with van der Waals surface area (Å²) in [5, 5.41) is 2.46. The molecule has 3 aliphatic carbocycles. The van der Waals surface area contributed by atoms with Crippen molar-refractivity contribution in [2.24, 2.45) is 11.3 Å². The molecule has 1 unspecified atom stereocenters. The number of hydrogen-bond donors (Lipinski definition) is 2. The second-order valence-corrected chi connectivity index (χ2v) is 13.4. The molecule has 14 heteroatoms. The number of carbonyl (C=O) groups excluding carboxylic acids is 1. The Morgan fingerprint density at radius 3 is 2.03 bits per heavy atom. The van der Waals surface area contributed by atoms with Gasteiger partial charge in [0, 0.05) is 12.3 Å². The highest BCUT2D eigenvalue weighted by Crippen LogP contribution is 2.66. The van der Waals surface area contributed by atoms with Crippen molar-refractivity contribution in [1.82, 2.24) is 5.32 Å². The minimum Gasteiger partial charge on any atom is -0.349 e. The molecule has 5 rings (SSSR count). The van der Waals surface area contributed by atoms with Crippen molar-refractivity contribution < 1.29 is 34.8 Å². The number of rotatable bonds is 6. The first-order chi connectivity index (χ1) is 16.0. The van der Waals surface area contributed by atoms with Crippen molar-refractivity contribution in [2.75, 3.05) is 11.0 Å². The average Bonchev–Trinajstić information content (AvgIpc) is 3.25. The van der Waals surface area contributed by atoms with Crippen LogP contribution in [0.5, 0.6) is 0 Å². The topological polar surface area (TPSA) is 109 Å². The van der Waals surface area contributed by atoms with Crippen LogP contribution in [0, 0.1) is 11.3 Å². The van der Waals surface area contributed by atoms with Crippen LogP contribution in [0.25, 0.3) is 0 Å². The Balaban J connectivity index is 1.59. The number of amides is 1. The molecular weight excluding hydrogens is 552 g/mol. The largest absolute Gasteiger partial charge is 0.394 e. The maximum absolute atomic E-state index is 13.4. The molecule has 0 aliphatic heterocycles. The molecule has 1 atom stereocenters. The van der Waals surface area contributed by atoms with Gasteiger partial charge >= 0.3 is 6.18 Å². The van der Waals surface area contributed by atoms with E-state index in [1.165, 1.54) is 0 Å². The van der Waals surface area contributed by atoms with Gasteiger partial charge in [0.25, 0.3) is 15.9 Å². The van der Waals surface area contributed by atoms with Crippen LogP contribution >= 0.6 is 23.2 Å². The third-order valence-corrected chi connectivity index (χ3v) is 9.75. The molecule has 0 heterocycles. The number of fused-ring (bicyclic) bond motifs is 1. The van der Waals surface area contributed by atoms with Gasteiger partial charge in [0.15, 0.2) is 9.84 Å². The van der Waals surface area contributed by atoms with Crippen molar-refractivity contribution in [3.05, 3.63) is 52.0 Å².